The number of nitrogens with zero attached hydrogens (tertiary/aromatic N) is 6. The largest absolute Gasteiger partial charge is 0.411 e. The molecule has 0 fully saturated rings. The Bertz CT molecular complexity index is 341. The summed E-state index contributed by atoms with van der Waals surface area (Å²) < 4.78 is 0. The number of hydrogen-bond acceptors (Lipinski definition) is 9. The van der Waals surface area contributed by atoms with Crippen LogP contribution in [0.5, 0.6) is 0 Å². The topological polar surface area (TPSA) is 136 Å². The summed E-state index contributed by atoms with van der Waals surface area (Å²) in [6.07, 6.45) is 2.85. The molecular formula is C6H6N6O3. The maximum absolute atomic E-state index is 8.26. The first-order chi connectivity index (χ1) is 7.30. The molecule has 0 spiro atoms. The zero-order valence-electron chi connectivity index (χ0n) is 7.26. The summed E-state index contributed by atoms with van der Waals surface area (Å²) in [4.78, 5) is 11.1. The lowest BCUT2D eigenvalue weighted by Crippen LogP contribution is -2.06. The van der Waals surface area contributed by atoms with Crippen molar-refractivity contribution >= 4 is 18.6 Å². The molecule has 1 aromatic rings. The summed E-state index contributed by atoms with van der Waals surface area (Å²) in [6.45, 7) is 0. The van der Waals surface area contributed by atoms with Crippen LogP contribution in [0.3, 0.4) is 0 Å². The van der Waals surface area contributed by atoms with Crippen LogP contribution < -0.4 is 0 Å². The molecule has 1 aromatic heterocycles. The van der Waals surface area contributed by atoms with Gasteiger partial charge in [0.25, 0.3) is 0 Å². The standard InChI is InChI=1S/C6H6N6O3/c13-7-1-4-10-5(2-8-14)12-6(11-4)3-9-15/h1-3,13-15H/b7-1-,8-2+,9-3+. The third kappa shape index (κ3) is 2.99. The maximum Gasteiger partial charge on any atom is 0.178 e. The molecule has 0 amide bonds. The lowest BCUT2D eigenvalue weighted by molar-refractivity contribution is 0.321. The minimum absolute atomic E-state index is 0.0253. The molecule has 0 saturated carbocycles. The third-order valence-electron chi connectivity index (χ3n) is 1.21. The predicted molar refractivity (Wildman–Crippen MR) is 48.0 cm³/mol. The molecule has 9 heteroatoms. The normalized spacial score (nSPS) is 12.0. The van der Waals surface area contributed by atoms with Gasteiger partial charge in [-0.1, -0.05) is 15.5 Å². The maximum atomic E-state index is 8.26. The number of oxime groups is 3. The van der Waals surface area contributed by atoms with Crippen LogP contribution >= 0.6 is 0 Å². The first-order valence-electron chi connectivity index (χ1n) is 3.58. The predicted octanol–water partition coefficient (Wildman–Crippen LogP) is -0.704. The van der Waals surface area contributed by atoms with Gasteiger partial charge in [0.15, 0.2) is 17.5 Å². The van der Waals surface area contributed by atoms with Crippen LogP contribution in [0.4, 0.5) is 0 Å². The Morgan fingerprint density at radius 1 is 0.667 bits per heavy atom. The molecule has 0 radical (unpaired) electrons. The van der Waals surface area contributed by atoms with E-state index in [1.807, 2.05) is 0 Å². The highest BCUT2D eigenvalue weighted by molar-refractivity contribution is 5.81. The van der Waals surface area contributed by atoms with Crippen LogP contribution in [-0.4, -0.2) is 49.2 Å². The Morgan fingerprint density at radius 2 is 0.933 bits per heavy atom. The Hall–Kier alpha value is -2.58. The van der Waals surface area contributed by atoms with Crippen molar-refractivity contribution in [3.8, 4) is 0 Å². The van der Waals surface area contributed by atoms with Crippen LogP contribution in [0.2, 0.25) is 0 Å². The SMILES string of the molecule is O/N=C\c1nc(/C=N/O)nc(/C=N/O)n1. The number of aromatic nitrogens is 3. The van der Waals surface area contributed by atoms with E-state index in [4.69, 9.17) is 15.6 Å². The van der Waals surface area contributed by atoms with Crippen molar-refractivity contribution in [3.05, 3.63) is 17.5 Å². The van der Waals surface area contributed by atoms with Gasteiger partial charge in [-0.3, -0.25) is 0 Å². The average Bonchev–Trinajstić information content (AvgIpc) is 2.19. The fraction of sp³-hybridized carbons (Fsp3) is 0. The number of rotatable bonds is 3. The molecule has 0 saturated heterocycles. The van der Waals surface area contributed by atoms with Crippen LogP contribution in [0.25, 0.3) is 0 Å². The highest BCUT2D eigenvalue weighted by Crippen LogP contribution is 1.91. The highest BCUT2D eigenvalue weighted by atomic mass is 16.4. The summed E-state index contributed by atoms with van der Waals surface area (Å²) in [5, 5.41) is 32.9. The zero-order chi connectivity index (χ0) is 11.1. The van der Waals surface area contributed by atoms with Crippen molar-refractivity contribution < 1.29 is 15.6 Å². The van der Waals surface area contributed by atoms with Gasteiger partial charge < -0.3 is 15.6 Å². The van der Waals surface area contributed by atoms with E-state index < -0.39 is 0 Å². The van der Waals surface area contributed by atoms with Crippen LogP contribution in [-0.2, 0) is 0 Å². The van der Waals surface area contributed by atoms with Crippen molar-refractivity contribution in [3.63, 3.8) is 0 Å². The molecule has 9 nitrogen and oxygen atoms in total. The van der Waals surface area contributed by atoms with Gasteiger partial charge in [0.2, 0.25) is 0 Å². The van der Waals surface area contributed by atoms with E-state index in [2.05, 4.69) is 30.4 Å². The molecule has 1 rings (SSSR count). The molecule has 0 aliphatic carbocycles. The molecule has 3 N–H and O–H groups in total. The summed E-state index contributed by atoms with van der Waals surface area (Å²) in [6, 6.07) is 0. The van der Waals surface area contributed by atoms with Crippen molar-refractivity contribution in [1.29, 1.82) is 0 Å². The molecule has 0 aromatic carbocycles. The van der Waals surface area contributed by atoms with Gasteiger partial charge >= 0.3 is 0 Å². The van der Waals surface area contributed by atoms with Crippen LogP contribution in [0.15, 0.2) is 15.5 Å². The van der Waals surface area contributed by atoms with Crippen molar-refractivity contribution in [2.45, 2.75) is 0 Å². The lowest BCUT2D eigenvalue weighted by Gasteiger charge is -1.95. The Kier molecular flexibility index (Phi) is 3.65. The molecule has 0 aliphatic rings. The first kappa shape index (κ1) is 10.5. The van der Waals surface area contributed by atoms with Gasteiger partial charge in [-0.25, -0.2) is 15.0 Å². The molecule has 15 heavy (non-hydrogen) atoms. The molecular weight excluding hydrogens is 204 g/mol. The van der Waals surface area contributed by atoms with E-state index in [0.29, 0.717) is 0 Å². The monoisotopic (exact) mass is 210 g/mol. The molecule has 0 aliphatic heterocycles. The van der Waals surface area contributed by atoms with Gasteiger partial charge in [-0.2, -0.15) is 0 Å². The molecule has 0 bridgehead atoms. The van der Waals surface area contributed by atoms with Crippen molar-refractivity contribution in [2.24, 2.45) is 15.5 Å². The summed E-state index contributed by atoms with van der Waals surface area (Å²) in [5.74, 6) is 0.0758. The molecule has 1 heterocycles. The second kappa shape index (κ2) is 5.21. The second-order valence-electron chi connectivity index (χ2n) is 2.14. The Labute approximate surface area is 83.1 Å². The molecule has 78 valence electrons. The van der Waals surface area contributed by atoms with Gasteiger partial charge in [0, 0.05) is 0 Å². The first-order valence-corrected chi connectivity index (χ1v) is 3.58. The lowest BCUT2D eigenvalue weighted by atomic mass is 10.5. The van der Waals surface area contributed by atoms with Gasteiger partial charge in [-0.05, 0) is 0 Å². The minimum atomic E-state index is 0.0253. The van der Waals surface area contributed by atoms with E-state index in [9.17, 15) is 0 Å². The fourth-order valence-electron chi connectivity index (χ4n) is 0.755. The second-order valence-corrected chi connectivity index (χ2v) is 2.14. The molecule has 0 unspecified atom stereocenters. The van der Waals surface area contributed by atoms with Gasteiger partial charge in [0.05, 0.1) is 0 Å². The summed E-state index contributed by atoms with van der Waals surface area (Å²) in [7, 11) is 0. The number of hydrogen-bond donors (Lipinski definition) is 3. The fourth-order valence-corrected chi connectivity index (χ4v) is 0.755. The quantitative estimate of drug-likeness (QED) is 0.342. The summed E-state index contributed by atoms with van der Waals surface area (Å²) in [5.41, 5.74) is 0. The zero-order valence-corrected chi connectivity index (χ0v) is 7.26. The minimum Gasteiger partial charge on any atom is -0.411 e. The Morgan fingerprint density at radius 3 is 1.13 bits per heavy atom. The smallest absolute Gasteiger partial charge is 0.178 e. The van der Waals surface area contributed by atoms with Gasteiger partial charge in [0.1, 0.15) is 18.6 Å². The van der Waals surface area contributed by atoms with Crippen molar-refractivity contribution in [1.82, 2.24) is 15.0 Å². The van der Waals surface area contributed by atoms with E-state index in [-0.39, 0.29) is 17.5 Å². The van der Waals surface area contributed by atoms with Crippen LogP contribution in [0, 0.1) is 0 Å². The van der Waals surface area contributed by atoms with E-state index >= 15 is 0 Å². The van der Waals surface area contributed by atoms with E-state index in [1.54, 1.807) is 0 Å². The van der Waals surface area contributed by atoms with E-state index in [1.165, 1.54) is 0 Å². The third-order valence-corrected chi connectivity index (χ3v) is 1.21. The van der Waals surface area contributed by atoms with Crippen LogP contribution in [0.1, 0.15) is 17.5 Å². The van der Waals surface area contributed by atoms with Crippen molar-refractivity contribution in [2.75, 3.05) is 0 Å². The summed E-state index contributed by atoms with van der Waals surface area (Å²) >= 11 is 0. The Balaban J connectivity index is 3.19. The average molecular weight is 210 g/mol. The highest BCUT2D eigenvalue weighted by Gasteiger charge is 2.02. The van der Waals surface area contributed by atoms with E-state index in [0.717, 1.165) is 18.6 Å². The van der Waals surface area contributed by atoms with Gasteiger partial charge in [-0.15, -0.1) is 0 Å². The molecule has 0 atom stereocenters.